The summed E-state index contributed by atoms with van der Waals surface area (Å²) in [5.74, 6) is -0.106. The molecule has 0 aromatic heterocycles. The van der Waals surface area contributed by atoms with E-state index in [1.165, 1.54) is 0 Å². The zero-order valence-electron chi connectivity index (χ0n) is 10.9. The Morgan fingerprint density at radius 2 is 1.90 bits per heavy atom. The van der Waals surface area contributed by atoms with Gasteiger partial charge in [-0.2, -0.15) is 0 Å². The molecule has 0 unspecified atom stereocenters. The van der Waals surface area contributed by atoms with Gasteiger partial charge >= 0.3 is 0 Å². The number of hydrogen-bond acceptors (Lipinski definition) is 2. The molecule has 0 fully saturated rings. The van der Waals surface area contributed by atoms with Gasteiger partial charge in [-0.05, 0) is 23.3 Å². The molecule has 2 rings (SSSR count). The highest BCUT2D eigenvalue weighted by atomic mass is 79.9. The SMILES string of the molecule is O=C(Cc1cccc(Br)c1)N[C@@H](CO)c1ccccc1. The summed E-state index contributed by atoms with van der Waals surface area (Å²) in [6, 6.07) is 16.7. The molecule has 0 aliphatic heterocycles. The Bertz CT molecular complexity index is 572. The molecule has 0 aliphatic rings. The van der Waals surface area contributed by atoms with E-state index in [1.54, 1.807) is 0 Å². The van der Waals surface area contributed by atoms with E-state index in [9.17, 15) is 9.90 Å². The molecule has 0 bridgehead atoms. The first kappa shape index (κ1) is 14.8. The zero-order chi connectivity index (χ0) is 14.4. The zero-order valence-corrected chi connectivity index (χ0v) is 12.5. The van der Waals surface area contributed by atoms with Crippen molar-refractivity contribution in [2.75, 3.05) is 6.61 Å². The van der Waals surface area contributed by atoms with Crippen molar-refractivity contribution in [3.05, 3.63) is 70.2 Å². The van der Waals surface area contributed by atoms with E-state index in [0.29, 0.717) is 6.42 Å². The lowest BCUT2D eigenvalue weighted by molar-refractivity contribution is -0.121. The van der Waals surface area contributed by atoms with E-state index in [4.69, 9.17) is 0 Å². The van der Waals surface area contributed by atoms with E-state index in [-0.39, 0.29) is 18.6 Å². The Labute approximate surface area is 126 Å². The van der Waals surface area contributed by atoms with Crippen LogP contribution in [0.3, 0.4) is 0 Å². The van der Waals surface area contributed by atoms with Gasteiger partial charge in [-0.1, -0.05) is 58.4 Å². The number of benzene rings is 2. The summed E-state index contributed by atoms with van der Waals surface area (Å²) in [7, 11) is 0. The summed E-state index contributed by atoms with van der Waals surface area (Å²) >= 11 is 3.38. The molecule has 1 atom stereocenters. The molecule has 2 aromatic rings. The fraction of sp³-hybridized carbons (Fsp3) is 0.188. The topological polar surface area (TPSA) is 49.3 Å². The molecule has 0 heterocycles. The normalized spacial score (nSPS) is 11.9. The van der Waals surface area contributed by atoms with E-state index in [0.717, 1.165) is 15.6 Å². The minimum Gasteiger partial charge on any atom is -0.394 e. The third-order valence-corrected chi connectivity index (χ3v) is 3.47. The predicted octanol–water partition coefficient (Wildman–Crippen LogP) is 2.84. The molecule has 20 heavy (non-hydrogen) atoms. The highest BCUT2D eigenvalue weighted by Crippen LogP contribution is 2.14. The van der Waals surface area contributed by atoms with Crippen LogP contribution in [0.2, 0.25) is 0 Å². The second-order valence-corrected chi connectivity index (χ2v) is 5.44. The minimum atomic E-state index is -0.365. The van der Waals surface area contributed by atoms with Crippen LogP contribution in [0.5, 0.6) is 0 Å². The summed E-state index contributed by atoms with van der Waals surface area (Å²) in [4.78, 5) is 12.0. The smallest absolute Gasteiger partial charge is 0.224 e. The Balaban J connectivity index is 2.00. The standard InChI is InChI=1S/C16H16BrNO2/c17-14-8-4-5-12(9-14)10-16(20)18-15(11-19)13-6-2-1-3-7-13/h1-9,15,19H,10-11H2,(H,18,20)/t15-/m0/s1. The van der Waals surface area contributed by atoms with Crippen molar-refractivity contribution in [1.29, 1.82) is 0 Å². The highest BCUT2D eigenvalue weighted by molar-refractivity contribution is 9.10. The first-order valence-electron chi connectivity index (χ1n) is 6.38. The second-order valence-electron chi connectivity index (χ2n) is 4.52. The molecule has 0 saturated heterocycles. The molecule has 0 radical (unpaired) electrons. The van der Waals surface area contributed by atoms with E-state index in [2.05, 4.69) is 21.2 Å². The lowest BCUT2D eigenvalue weighted by Gasteiger charge is -2.16. The number of amides is 1. The minimum absolute atomic E-state index is 0.106. The molecule has 1 amide bonds. The van der Waals surface area contributed by atoms with Crippen molar-refractivity contribution >= 4 is 21.8 Å². The maximum Gasteiger partial charge on any atom is 0.224 e. The van der Waals surface area contributed by atoms with Crippen LogP contribution in [0.25, 0.3) is 0 Å². The number of hydrogen-bond donors (Lipinski definition) is 2. The quantitative estimate of drug-likeness (QED) is 0.883. The molecule has 104 valence electrons. The highest BCUT2D eigenvalue weighted by Gasteiger charge is 2.13. The summed E-state index contributed by atoms with van der Waals surface area (Å²) in [5.41, 5.74) is 1.83. The van der Waals surface area contributed by atoms with Gasteiger partial charge in [0, 0.05) is 4.47 Å². The molecule has 0 spiro atoms. The summed E-state index contributed by atoms with van der Waals surface area (Å²) in [6.45, 7) is -0.117. The van der Waals surface area contributed by atoms with Gasteiger partial charge in [0.05, 0.1) is 19.1 Å². The van der Waals surface area contributed by atoms with Gasteiger partial charge in [0.15, 0.2) is 0 Å². The number of nitrogens with one attached hydrogen (secondary N) is 1. The largest absolute Gasteiger partial charge is 0.394 e. The molecule has 0 saturated carbocycles. The Morgan fingerprint density at radius 1 is 1.15 bits per heavy atom. The number of carbonyl (C=O) groups is 1. The van der Waals surface area contributed by atoms with Crippen LogP contribution in [0.4, 0.5) is 0 Å². The van der Waals surface area contributed by atoms with Gasteiger partial charge in [0.1, 0.15) is 0 Å². The fourth-order valence-corrected chi connectivity index (χ4v) is 2.44. The van der Waals surface area contributed by atoms with Crippen molar-refractivity contribution in [2.45, 2.75) is 12.5 Å². The van der Waals surface area contributed by atoms with Crippen LogP contribution >= 0.6 is 15.9 Å². The van der Waals surface area contributed by atoms with Crippen LogP contribution in [0.15, 0.2) is 59.1 Å². The van der Waals surface area contributed by atoms with Gasteiger partial charge in [-0.3, -0.25) is 4.79 Å². The Kier molecular flexibility index (Phi) is 5.32. The van der Waals surface area contributed by atoms with Crippen LogP contribution in [-0.4, -0.2) is 17.6 Å². The van der Waals surface area contributed by atoms with Gasteiger partial charge in [-0.15, -0.1) is 0 Å². The first-order valence-corrected chi connectivity index (χ1v) is 7.18. The summed E-state index contributed by atoms with van der Waals surface area (Å²) in [6.07, 6.45) is 0.294. The van der Waals surface area contributed by atoms with Crippen LogP contribution in [-0.2, 0) is 11.2 Å². The molecule has 0 aliphatic carbocycles. The third-order valence-electron chi connectivity index (χ3n) is 2.97. The number of carbonyl (C=O) groups excluding carboxylic acids is 1. The van der Waals surface area contributed by atoms with Crippen molar-refractivity contribution in [1.82, 2.24) is 5.32 Å². The van der Waals surface area contributed by atoms with Gasteiger partial charge in [0.25, 0.3) is 0 Å². The Hall–Kier alpha value is -1.65. The maximum absolute atomic E-state index is 12.0. The first-order chi connectivity index (χ1) is 9.69. The second kappa shape index (κ2) is 7.22. The van der Waals surface area contributed by atoms with Crippen molar-refractivity contribution in [2.24, 2.45) is 0 Å². The number of aliphatic hydroxyl groups is 1. The average molecular weight is 334 g/mol. The predicted molar refractivity (Wildman–Crippen MR) is 82.3 cm³/mol. The molecule has 3 nitrogen and oxygen atoms in total. The number of halogens is 1. The average Bonchev–Trinajstić information content (AvgIpc) is 2.45. The Morgan fingerprint density at radius 3 is 2.55 bits per heavy atom. The lowest BCUT2D eigenvalue weighted by atomic mass is 10.1. The molecular formula is C16H16BrNO2. The monoisotopic (exact) mass is 333 g/mol. The van der Waals surface area contributed by atoms with Gasteiger partial charge in [-0.25, -0.2) is 0 Å². The molecule has 4 heteroatoms. The molecular weight excluding hydrogens is 318 g/mol. The van der Waals surface area contributed by atoms with Crippen molar-refractivity contribution < 1.29 is 9.90 Å². The van der Waals surface area contributed by atoms with E-state index in [1.807, 2.05) is 54.6 Å². The van der Waals surface area contributed by atoms with Crippen molar-refractivity contribution in [3.63, 3.8) is 0 Å². The summed E-state index contributed by atoms with van der Waals surface area (Å²) < 4.78 is 0.949. The molecule has 2 aromatic carbocycles. The fourth-order valence-electron chi connectivity index (χ4n) is 2.00. The van der Waals surface area contributed by atoms with E-state index >= 15 is 0 Å². The maximum atomic E-state index is 12.0. The van der Waals surface area contributed by atoms with Crippen molar-refractivity contribution in [3.8, 4) is 0 Å². The lowest BCUT2D eigenvalue weighted by Crippen LogP contribution is -2.31. The van der Waals surface area contributed by atoms with E-state index < -0.39 is 0 Å². The van der Waals surface area contributed by atoms with Crippen LogP contribution < -0.4 is 5.32 Å². The third kappa shape index (κ3) is 4.18. The number of aliphatic hydroxyl groups excluding tert-OH is 1. The van der Waals surface area contributed by atoms with Crippen LogP contribution in [0.1, 0.15) is 17.2 Å². The van der Waals surface area contributed by atoms with Gasteiger partial charge < -0.3 is 10.4 Å². The van der Waals surface area contributed by atoms with Gasteiger partial charge in [0.2, 0.25) is 5.91 Å². The number of rotatable bonds is 5. The van der Waals surface area contributed by atoms with Crippen LogP contribution in [0, 0.1) is 0 Å². The molecule has 2 N–H and O–H groups in total. The summed E-state index contributed by atoms with van der Waals surface area (Å²) in [5, 5.41) is 12.3.